The van der Waals surface area contributed by atoms with Gasteiger partial charge >= 0.3 is 0 Å². The molecule has 1 N–H and O–H groups in total. The number of amides is 1. The molecule has 0 unspecified atom stereocenters. The molecule has 0 radical (unpaired) electrons. The summed E-state index contributed by atoms with van der Waals surface area (Å²) in [6, 6.07) is 12.7. The van der Waals surface area contributed by atoms with Crippen molar-refractivity contribution in [2.24, 2.45) is 0 Å². The zero-order valence-electron chi connectivity index (χ0n) is 13.7. The molecule has 2 aromatic carbocycles. The Labute approximate surface area is 142 Å². The third-order valence-corrected chi connectivity index (χ3v) is 5.69. The molecule has 0 fully saturated rings. The molecule has 1 aliphatic heterocycles. The molecule has 6 heteroatoms. The lowest BCUT2D eigenvalue weighted by Crippen LogP contribution is -2.26. The fourth-order valence-electron chi connectivity index (χ4n) is 2.87. The number of nitrogens with zero attached hydrogens (tertiary/aromatic N) is 1. The number of likely N-dealkylation sites (N-methyl/N-ethyl adjacent to an activating group) is 1. The van der Waals surface area contributed by atoms with Crippen LogP contribution in [0.4, 0.5) is 5.69 Å². The molecule has 0 spiro atoms. The molecule has 0 atom stereocenters. The maximum Gasteiger partial charge on any atom is 0.240 e. The van der Waals surface area contributed by atoms with Crippen LogP contribution in [0.2, 0.25) is 0 Å². The molecule has 0 aliphatic carbocycles. The topological polar surface area (TPSA) is 66.5 Å². The van der Waals surface area contributed by atoms with Gasteiger partial charge in [-0.25, -0.2) is 13.1 Å². The normalized spacial score (nSPS) is 14.1. The summed E-state index contributed by atoms with van der Waals surface area (Å²) < 4.78 is 27.2. The third kappa shape index (κ3) is 3.34. The van der Waals surface area contributed by atoms with Crippen molar-refractivity contribution in [1.29, 1.82) is 0 Å². The minimum atomic E-state index is -3.49. The van der Waals surface area contributed by atoms with Crippen LogP contribution in [0.3, 0.4) is 0 Å². The van der Waals surface area contributed by atoms with Gasteiger partial charge in [-0.05, 0) is 48.2 Å². The number of carbonyl (C=O) groups excluding carboxylic acids is 1. The number of rotatable bonds is 5. The van der Waals surface area contributed by atoms with Crippen molar-refractivity contribution in [1.82, 2.24) is 4.72 Å². The second-order valence-electron chi connectivity index (χ2n) is 6.06. The van der Waals surface area contributed by atoms with Gasteiger partial charge in [0.25, 0.3) is 0 Å². The average Bonchev–Trinajstić information content (AvgIpc) is 2.81. The van der Waals surface area contributed by atoms with Crippen molar-refractivity contribution in [3.8, 4) is 0 Å². The number of fused-ring (bicyclic) bond motifs is 1. The number of hydrogen-bond donors (Lipinski definition) is 1. The lowest BCUT2D eigenvalue weighted by Gasteiger charge is -2.11. The first-order valence-electron chi connectivity index (χ1n) is 7.81. The van der Waals surface area contributed by atoms with Crippen molar-refractivity contribution in [2.45, 2.75) is 24.7 Å². The molecular formula is C18H20N2O3S. The second-order valence-corrected chi connectivity index (χ2v) is 7.82. The van der Waals surface area contributed by atoms with Crippen LogP contribution in [0.15, 0.2) is 47.4 Å². The van der Waals surface area contributed by atoms with Gasteiger partial charge in [-0.1, -0.05) is 24.3 Å². The first-order valence-corrected chi connectivity index (χ1v) is 9.30. The van der Waals surface area contributed by atoms with E-state index in [1.54, 1.807) is 30.1 Å². The van der Waals surface area contributed by atoms with Crippen LogP contribution in [0.1, 0.15) is 16.7 Å². The summed E-state index contributed by atoms with van der Waals surface area (Å²) in [6.45, 7) is 2.18. The quantitative estimate of drug-likeness (QED) is 0.902. The van der Waals surface area contributed by atoms with Crippen LogP contribution in [0.5, 0.6) is 0 Å². The van der Waals surface area contributed by atoms with E-state index >= 15 is 0 Å². The van der Waals surface area contributed by atoms with Gasteiger partial charge in [0.1, 0.15) is 0 Å². The number of aryl methyl sites for hydroxylation is 1. The Hall–Kier alpha value is -2.18. The largest absolute Gasteiger partial charge is 0.315 e. The Kier molecular flexibility index (Phi) is 4.43. The highest BCUT2D eigenvalue weighted by Crippen LogP contribution is 2.28. The molecule has 3 rings (SSSR count). The van der Waals surface area contributed by atoms with Crippen LogP contribution in [-0.2, 0) is 27.7 Å². The van der Waals surface area contributed by atoms with Crippen LogP contribution < -0.4 is 9.62 Å². The molecule has 0 aromatic heterocycles. The van der Waals surface area contributed by atoms with Crippen LogP contribution in [0.25, 0.3) is 0 Å². The molecule has 2 aromatic rings. The molecular weight excluding hydrogens is 324 g/mol. The van der Waals surface area contributed by atoms with E-state index in [1.165, 1.54) is 0 Å². The molecule has 126 valence electrons. The zero-order valence-corrected chi connectivity index (χ0v) is 14.6. The number of benzene rings is 2. The molecule has 1 amide bonds. The lowest BCUT2D eigenvalue weighted by atomic mass is 10.1. The maximum absolute atomic E-state index is 12.3. The fraction of sp³-hybridized carbons (Fsp3) is 0.278. The van der Waals surface area contributed by atoms with Gasteiger partial charge in [0.15, 0.2) is 0 Å². The molecule has 0 bridgehead atoms. The van der Waals surface area contributed by atoms with Crippen molar-refractivity contribution in [2.75, 3.05) is 18.5 Å². The minimum absolute atomic E-state index is 0.0855. The molecule has 0 saturated heterocycles. The Morgan fingerprint density at radius 2 is 1.96 bits per heavy atom. The number of hydrogen-bond acceptors (Lipinski definition) is 3. The van der Waals surface area contributed by atoms with E-state index in [0.717, 1.165) is 22.4 Å². The summed E-state index contributed by atoms with van der Waals surface area (Å²) in [5.74, 6) is 0.0855. The summed E-state index contributed by atoms with van der Waals surface area (Å²) in [7, 11) is -1.73. The number of anilines is 1. The molecule has 24 heavy (non-hydrogen) atoms. The van der Waals surface area contributed by atoms with Gasteiger partial charge in [-0.15, -0.1) is 0 Å². The van der Waals surface area contributed by atoms with Crippen LogP contribution >= 0.6 is 0 Å². The Bertz CT molecular complexity index is 891. The van der Waals surface area contributed by atoms with Gasteiger partial charge in [-0.3, -0.25) is 4.79 Å². The van der Waals surface area contributed by atoms with Crippen molar-refractivity contribution < 1.29 is 13.2 Å². The summed E-state index contributed by atoms with van der Waals surface area (Å²) in [4.78, 5) is 13.6. The van der Waals surface area contributed by atoms with Crippen LogP contribution in [-0.4, -0.2) is 27.9 Å². The second kappa shape index (κ2) is 6.37. The third-order valence-electron chi connectivity index (χ3n) is 4.23. The summed E-state index contributed by atoms with van der Waals surface area (Å²) >= 11 is 0. The minimum Gasteiger partial charge on any atom is -0.315 e. The highest BCUT2D eigenvalue weighted by molar-refractivity contribution is 7.89. The number of nitrogens with one attached hydrogen (secondary N) is 1. The maximum atomic E-state index is 12.3. The smallest absolute Gasteiger partial charge is 0.240 e. The van der Waals surface area contributed by atoms with Gasteiger partial charge in [-0.2, -0.15) is 0 Å². The average molecular weight is 344 g/mol. The Morgan fingerprint density at radius 1 is 1.17 bits per heavy atom. The fourth-order valence-corrected chi connectivity index (χ4v) is 4.01. The summed E-state index contributed by atoms with van der Waals surface area (Å²) in [5.41, 5.74) is 3.86. The van der Waals surface area contributed by atoms with E-state index in [2.05, 4.69) is 4.72 Å². The van der Waals surface area contributed by atoms with Crippen LogP contribution in [0, 0.1) is 6.92 Å². The van der Waals surface area contributed by atoms with E-state index < -0.39 is 10.0 Å². The van der Waals surface area contributed by atoms with E-state index in [-0.39, 0.29) is 10.8 Å². The van der Waals surface area contributed by atoms with E-state index in [1.807, 2.05) is 31.2 Å². The van der Waals surface area contributed by atoms with Gasteiger partial charge < -0.3 is 4.90 Å². The van der Waals surface area contributed by atoms with E-state index in [9.17, 15) is 13.2 Å². The van der Waals surface area contributed by atoms with E-state index in [4.69, 9.17) is 0 Å². The Morgan fingerprint density at radius 3 is 2.71 bits per heavy atom. The first kappa shape index (κ1) is 16.7. The summed E-state index contributed by atoms with van der Waals surface area (Å²) in [6.07, 6.45) is 0.991. The van der Waals surface area contributed by atoms with Crippen molar-refractivity contribution in [3.05, 3.63) is 59.2 Å². The molecule has 0 saturated carbocycles. The molecule has 1 aliphatic rings. The predicted octanol–water partition coefficient (Wildman–Crippen LogP) is 2.03. The highest BCUT2D eigenvalue weighted by atomic mass is 32.2. The first-order chi connectivity index (χ1) is 11.4. The predicted molar refractivity (Wildman–Crippen MR) is 93.6 cm³/mol. The lowest BCUT2D eigenvalue weighted by molar-refractivity contribution is -0.117. The number of carbonyl (C=O) groups is 1. The zero-order chi connectivity index (χ0) is 17.3. The molecule has 5 nitrogen and oxygen atoms in total. The molecule has 1 heterocycles. The highest BCUT2D eigenvalue weighted by Gasteiger charge is 2.23. The monoisotopic (exact) mass is 344 g/mol. The van der Waals surface area contributed by atoms with Crippen molar-refractivity contribution >= 4 is 21.6 Å². The van der Waals surface area contributed by atoms with Gasteiger partial charge in [0.2, 0.25) is 15.9 Å². The standard InChI is InChI=1S/C18H20N2O3S/c1-13-4-3-5-16(10-13)24(22,23)19-9-8-14-6-7-17-15(11-14)12-18(21)20(17)2/h3-7,10-11,19H,8-9,12H2,1-2H3. The van der Waals surface area contributed by atoms with E-state index in [0.29, 0.717) is 19.4 Å². The van der Waals surface area contributed by atoms with Gasteiger partial charge in [0, 0.05) is 19.3 Å². The van der Waals surface area contributed by atoms with Crippen molar-refractivity contribution in [3.63, 3.8) is 0 Å². The summed E-state index contributed by atoms with van der Waals surface area (Å²) in [5, 5.41) is 0. The number of sulfonamides is 1. The van der Waals surface area contributed by atoms with Gasteiger partial charge in [0.05, 0.1) is 11.3 Å². The SMILES string of the molecule is Cc1cccc(S(=O)(=O)NCCc2ccc3c(c2)CC(=O)N3C)c1. The Balaban J connectivity index is 1.65.